The molecule has 2 aromatic carbocycles. The zero-order valence-corrected chi connectivity index (χ0v) is 11.3. The number of rotatable bonds is 4. The summed E-state index contributed by atoms with van der Waals surface area (Å²) in [4.78, 5) is 0. The fourth-order valence-corrected chi connectivity index (χ4v) is 1.70. The molecule has 0 atom stereocenters. The van der Waals surface area contributed by atoms with Gasteiger partial charge in [0.05, 0.1) is 12.2 Å². The van der Waals surface area contributed by atoms with Crippen molar-refractivity contribution in [1.29, 1.82) is 0 Å². The zero-order valence-electron chi connectivity index (χ0n) is 11.3. The van der Waals surface area contributed by atoms with E-state index in [1.54, 1.807) is 18.2 Å². The number of benzene rings is 2. The average Bonchev–Trinajstić information content (AvgIpc) is 2.50. The number of aliphatic hydroxyl groups is 1. The molecule has 0 aliphatic rings. The van der Waals surface area contributed by atoms with Gasteiger partial charge < -0.3 is 9.84 Å². The van der Waals surface area contributed by atoms with Crippen LogP contribution in [0.3, 0.4) is 0 Å². The smallest absolute Gasteiger partial charge is 0.159 e. The number of halogens is 2. The van der Waals surface area contributed by atoms with Crippen LogP contribution in [0.4, 0.5) is 8.78 Å². The first-order chi connectivity index (χ1) is 10.2. The molecule has 2 rings (SSSR count). The van der Waals surface area contributed by atoms with Crippen LogP contribution in [0.1, 0.15) is 17.5 Å². The van der Waals surface area contributed by atoms with Gasteiger partial charge in [0, 0.05) is 6.42 Å². The number of aliphatic hydroxyl groups excluding tert-OH is 1. The van der Waals surface area contributed by atoms with E-state index in [0.717, 1.165) is 12.1 Å². The molecule has 21 heavy (non-hydrogen) atoms. The van der Waals surface area contributed by atoms with Crippen molar-refractivity contribution in [2.45, 2.75) is 13.0 Å². The summed E-state index contributed by atoms with van der Waals surface area (Å²) in [7, 11) is 0. The highest BCUT2D eigenvalue weighted by molar-refractivity contribution is 5.45. The molecule has 0 fully saturated rings. The Morgan fingerprint density at radius 2 is 1.86 bits per heavy atom. The Labute approximate surface area is 122 Å². The SMILES string of the molecule is OCCC#Cc1ccccc1OCc1ccc(F)c(F)c1. The Morgan fingerprint density at radius 3 is 2.62 bits per heavy atom. The van der Waals surface area contributed by atoms with E-state index in [1.165, 1.54) is 6.07 Å². The molecule has 0 unspecified atom stereocenters. The molecule has 2 nitrogen and oxygen atoms in total. The van der Waals surface area contributed by atoms with Crippen molar-refractivity contribution in [1.82, 2.24) is 0 Å². The summed E-state index contributed by atoms with van der Waals surface area (Å²) >= 11 is 0. The summed E-state index contributed by atoms with van der Waals surface area (Å²) in [5.41, 5.74) is 1.22. The molecule has 0 amide bonds. The predicted molar refractivity (Wildman–Crippen MR) is 75.7 cm³/mol. The molecule has 0 bridgehead atoms. The number of para-hydroxylation sites is 1. The Hall–Kier alpha value is -2.38. The number of hydrogen-bond acceptors (Lipinski definition) is 2. The van der Waals surface area contributed by atoms with Crippen LogP contribution in [-0.4, -0.2) is 11.7 Å². The first kappa shape index (κ1) is 15.0. The summed E-state index contributed by atoms with van der Waals surface area (Å²) < 4.78 is 31.6. The first-order valence-corrected chi connectivity index (χ1v) is 6.46. The molecule has 0 aliphatic carbocycles. The maximum Gasteiger partial charge on any atom is 0.159 e. The summed E-state index contributed by atoms with van der Waals surface area (Å²) in [6, 6.07) is 10.8. The molecule has 0 aromatic heterocycles. The molecule has 4 heteroatoms. The first-order valence-electron chi connectivity index (χ1n) is 6.46. The van der Waals surface area contributed by atoms with Crippen LogP contribution in [0.15, 0.2) is 42.5 Å². The molecule has 0 aliphatic heterocycles. The minimum atomic E-state index is -0.896. The highest BCUT2D eigenvalue weighted by Gasteiger charge is 2.05. The second-order valence-corrected chi connectivity index (χ2v) is 4.31. The van der Waals surface area contributed by atoms with Crippen molar-refractivity contribution in [2.75, 3.05) is 6.61 Å². The lowest BCUT2D eigenvalue weighted by Gasteiger charge is -2.08. The van der Waals surface area contributed by atoms with Crippen LogP contribution in [0.2, 0.25) is 0 Å². The number of hydrogen-bond donors (Lipinski definition) is 1. The average molecular weight is 288 g/mol. The van der Waals surface area contributed by atoms with Crippen LogP contribution >= 0.6 is 0 Å². The third-order valence-electron chi connectivity index (χ3n) is 2.73. The second kappa shape index (κ2) is 7.41. The Balaban J connectivity index is 2.09. The van der Waals surface area contributed by atoms with Crippen LogP contribution < -0.4 is 4.74 Å². The lowest BCUT2D eigenvalue weighted by atomic mass is 10.2. The normalized spacial score (nSPS) is 9.86. The maximum atomic E-state index is 13.1. The molecule has 0 spiro atoms. The van der Waals surface area contributed by atoms with E-state index in [4.69, 9.17) is 9.84 Å². The van der Waals surface area contributed by atoms with Crippen molar-refractivity contribution in [2.24, 2.45) is 0 Å². The van der Waals surface area contributed by atoms with Crippen molar-refractivity contribution < 1.29 is 18.6 Å². The van der Waals surface area contributed by atoms with Gasteiger partial charge in [-0.25, -0.2) is 8.78 Å². The lowest BCUT2D eigenvalue weighted by molar-refractivity contribution is 0.303. The Kier molecular flexibility index (Phi) is 5.30. The van der Waals surface area contributed by atoms with Gasteiger partial charge >= 0.3 is 0 Å². The van der Waals surface area contributed by atoms with Gasteiger partial charge in [-0.15, -0.1) is 0 Å². The second-order valence-electron chi connectivity index (χ2n) is 4.31. The molecule has 2 aromatic rings. The van der Waals surface area contributed by atoms with Gasteiger partial charge in [0.25, 0.3) is 0 Å². The zero-order chi connectivity index (χ0) is 15.1. The molecule has 108 valence electrons. The highest BCUT2D eigenvalue weighted by atomic mass is 19.2. The van der Waals surface area contributed by atoms with Crippen LogP contribution in [0.25, 0.3) is 0 Å². The van der Waals surface area contributed by atoms with Gasteiger partial charge in [0.15, 0.2) is 11.6 Å². The highest BCUT2D eigenvalue weighted by Crippen LogP contribution is 2.19. The number of ether oxygens (including phenoxy) is 1. The van der Waals surface area contributed by atoms with Gasteiger partial charge in [0.1, 0.15) is 12.4 Å². The van der Waals surface area contributed by atoms with Crippen LogP contribution in [-0.2, 0) is 6.61 Å². The van der Waals surface area contributed by atoms with E-state index < -0.39 is 11.6 Å². The summed E-state index contributed by atoms with van der Waals surface area (Å²) in [5.74, 6) is 4.50. The van der Waals surface area contributed by atoms with Crippen molar-refractivity contribution in [3.05, 3.63) is 65.2 Å². The van der Waals surface area contributed by atoms with Gasteiger partial charge in [-0.3, -0.25) is 0 Å². The quantitative estimate of drug-likeness (QED) is 0.875. The molecular weight excluding hydrogens is 274 g/mol. The van der Waals surface area contributed by atoms with Gasteiger partial charge in [-0.2, -0.15) is 0 Å². The van der Waals surface area contributed by atoms with E-state index in [-0.39, 0.29) is 13.2 Å². The summed E-state index contributed by atoms with van der Waals surface area (Å²) in [6.07, 6.45) is 0.386. The van der Waals surface area contributed by atoms with E-state index in [9.17, 15) is 8.78 Å². The van der Waals surface area contributed by atoms with Gasteiger partial charge in [0.2, 0.25) is 0 Å². The van der Waals surface area contributed by atoms with Gasteiger partial charge in [-0.05, 0) is 29.8 Å². The molecular formula is C17H14F2O2. The molecule has 0 saturated carbocycles. The van der Waals surface area contributed by atoms with E-state index in [0.29, 0.717) is 23.3 Å². The Morgan fingerprint density at radius 1 is 1.05 bits per heavy atom. The molecule has 1 N–H and O–H groups in total. The van der Waals surface area contributed by atoms with Crippen molar-refractivity contribution in [3.63, 3.8) is 0 Å². The van der Waals surface area contributed by atoms with Crippen LogP contribution in [0, 0.1) is 23.5 Å². The monoisotopic (exact) mass is 288 g/mol. The fraction of sp³-hybridized carbons (Fsp3) is 0.176. The van der Waals surface area contributed by atoms with Crippen molar-refractivity contribution in [3.8, 4) is 17.6 Å². The van der Waals surface area contributed by atoms with E-state index >= 15 is 0 Å². The van der Waals surface area contributed by atoms with Crippen LogP contribution in [0.5, 0.6) is 5.75 Å². The summed E-state index contributed by atoms with van der Waals surface area (Å²) in [5, 5.41) is 8.71. The predicted octanol–water partition coefficient (Wildman–Crippen LogP) is 3.28. The summed E-state index contributed by atoms with van der Waals surface area (Å²) in [6.45, 7) is 0.126. The molecule has 0 heterocycles. The third kappa shape index (κ3) is 4.30. The minimum Gasteiger partial charge on any atom is -0.488 e. The topological polar surface area (TPSA) is 29.5 Å². The Bertz CT molecular complexity index is 672. The van der Waals surface area contributed by atoms with Crippen molar-refractivity contribution >= 4 is 0 Å². The minimum absolute atomic E-state index is 0.00484. The third-order valence-corrected chi connectivity index (χ3v) is 2.73. The largest absolute Gasteiger partial charge is 0.488 e. The van der Waals surface area contributed by atoms with E-state index in [2.05, 4.69) is 11.8 Å². The standard InChI is InChI=1S/C17H14F2O2/c18-15-9-8-13(11-16(15)19)12-21-17-7-2-1-5-14(17)6-3-4-10-20/h1-2,5,7-9,11,20H,4,10,12H2. The van der Waals surface area contributed by atoms with E-state index in [1.807, 2.05) is 6.07 Å². The lowest BCUT2D eigenvalue weighted by Crippen LogP contribution is -1.98. The van der Waals surface area contributed by atoms with Gasteiger partial charge in [-0.1, -0.05) is 30.0 Å². The fourth-order valence-electron chi connectivity index (χ4n) is 1.70. The molecule has 0 saturated heterocycles. The maximum absolute atomic E-state index is 13.1. The molecule has 0 radical (unpaired) electrons.